The minimum atomic E-state index is -4.41. The summed E-state index contributed by atoms with van der Waals surface area (Å²) < 4.78 is 12.8. The molecule has 4 aromatic rings. The van der Waals surface area contributed by atoms with E-state index < -0.39 is 25.5 Å². The van der Waals surface area contributed by atoms with Crippen LogP contribution in [0.4, 0.5) is 5.69 Å². The standard InChI is InChI=1S/C25H22ClN6O5P/c26-19-7-12-23(32-16-27-30-31-32)18(15-19)6-13-24(33)29-22(14-17-4-2-1-3-5-17)25(34)28-20-8-10-21(11-9-20)38(35,36)37/h1-13,15-16,22H,14H2,(H,28,34)(H,29,33)(H2,35,36,37). The van der Waals surface area contributed by atoms with Gasteiger partial charge in [0, 0.05) is 28.8 Å². The number of hydrogen-bond acceptors (Lipinski definition) is 6. The number of aromatic nitrogens is 4. The van der Waals surface area contributed by atoms with Crippen LogP contribution in [0.3, 0.4) is 0 Å². The van der Waals surface area contributed by atoms with E-state index in [0.717, 1.165) is 5.56 Å². The van der Waals surface area contributed by atoms with Crippen molar-refractivity contribution in [1.29, 1.82) is 0 Å². The zero-order chi connectivity index (χ0) is 27.1. The number of halogens is 1. The lowest BCUT2D eigenvalue weighted by molar-refractivity contribution is -0.123. The Morgan fingerprint density at radius 2 is 1.79 bits per heavy atom. The van der Waals surface area contributed by atoms with Crippen LogP contribution in [0.25, 0.3) is 11.8 Å². The summed E-state index contributed by atoms with van der Waals surface area (Å²) in [7, 11) is -4.41. The second-order valence-electron chi connectivity index (χ2n) is 8.12. The van der Waals surface area contributed by atoms with Gasteiger partial charge in [-0.15, -0.1) is 5.10 Å². The normalized spacial score (nSPS) is 12.3. The van der Waals surface area contributed by atoms with Crippen LogP contribution in [-0.4, -0.2) is 47.9 Å². The summed E-state index contributed by atoms with van der Waals surface area (Å²) in [5, 5.41) is 16.8. The van der Waals surface area contributed by atoms with Gasteiger partial charge in [-0.3, -0.25) is 14.2 Å². The molecule has 194 valence electrons. The molecule has 0 saturated heterocycles. The first kappa shape index (κ1) is 26.9. The Morgan fingerprint density at radius 1 is 1.05 bits per heavy atom. The van der Waals surface area contributed by atoms with Crippen molar-refractivity contribution in [2.75, 3.05) is 5.32 Å². The molecule has 3 aromatic carbocycles. The molecular formula is C25H22ClN6O5P. The molecule has 1 unspecified atom stereocenters. The molecule has 13 heteroatoms. The van der Waals surface area contributed by atoms with Gasteiger partial charge in [-0.2, -0.15) is 4.68 Å². The van der Waals surface area contributed by atoms with Crippen LogP contribution in [0.5, 0.6) is 0 Å². The highest BCUT2D eigenvalue weighted by atomic mass is 35.5. The number of amides is 2. The van der Waals surface area contributed by atoms with Crippen LogP contribution in [-0.2, 0) is 20.6 Å². The molecule has 0 spiro atoms. The van der Waals surface area contributed by atoms with Gasteiger partial charge >= 0.3 is 7.60 Å². The molecule has 0 aliphatic rings. The minimum absolute atomic E-state index is 0.170. The van der Waals surface area contributed by atoms with E-state index in [2.05, 4.69) is 26.2 Å². The van der Waals surface area contributed by atoms with E-state index in [4.69, 9.17) is 11.6 Å². The zero-order valence-electron chi connectivity index (χ0n) is 19.7. The van der Waals surface area contributed by atoms with Crippen molar-refractivity contribution in [3.05, 3.63) is 101 Å². The number of nitrogens with zero attached hydrogens (tertiary/aromatic N) is 4. The lowest BCUT2D eigenvalue weighted by atomic mass is 10.0. The zero-order valence-corrected chi connectivity index (χ0v) is 21.3. The first-order chi connectivity index (χ1) is 18.2. The number of carbonyl (C=O) groups excluding carboxylic acids is 2. The lowest BCUT2D eigenvalue weighted by Gasteiger charge is -2.18. The third kappa shape index (κ3) is 7.21. The maximum atomic E-state index is 13.1. The Kier molecular flexibility index (Phi) is 8.45. The molecule has 4 N–H and O–H groups in total. The number of nitrogens with one attached hydrogen (secondary N) is 2. The Balaban J connectivity index is 1.52. The third-order valence-electron chi connectivity index (χ3n) is 5.39. The van der Waals surface area contributed by atoms with Crippen LogP contribution in [0, 0.1) is 0 Å². The van der Waals surface area contributed by atoms with Crippen molar-refractivity contribution >= 4 is 48.1 Å². The molecule has 11 nitrogen and oxygen atoms in total. The first-order valence-corrected chi connectivity index (χ1v) is 13.2. The average Bonchev–Trinajstić information content (AvgIpc) is 3.42. The fourth-order valence-electron chi connectivity index (χ4n) is 3.55. The van der Waals surface area contributed by atoms with Gasteiger partial charge < -0.3 is 20.4 Å². The number of anilines is 1. The van der Waals surface area contributed by atoms with Gasteiger partial charge in [-0.05, 0) is 64.5 Å². The number of tetrazole rings is 1. The molecule has 0 fully saturated rings. The van der Waals surface area contributed by atoms with E-state index in [1.54, 1.807) is 18.2 Å². The van der Waals surface area contributed by atoms with Crippen LogP contribution in [0.1, 0.15) is 11.1 Å². The van der Waals surface area contributed by atoms with E-state index in [-0.39, 0.29) is 11.7 Å². The van der Waals surface area contributed by atoms with Crippen molar-refractivity contribution in [3.8, 4) is 5.69 Å². The molecule has 0 radical (unpaired) electrons. The molecule has 0 aliphatic carbocycles. The van der Waals surface area contributed by atoms with Gasteiger partial charge in [0.1, 0.15) is 12.4 Å². The van der Waals surface area contributed by atoms with Crippen molar-refractivity contribution in [2.45, 2.75) is 12.5 Å². The molecule has 2 amide bonds. The van der Waals surface area contributed by atoms with Crippen LogP contribution < -0.4 is 15.9 Å². The number of rotatable bonds is 9. The Labute approximate surface area is 222 Å². The van der Waals surface area contributed by atoms with Crippen molar-refractivity contribution < 1.29 is 23.9 Å². The predicted molar refractivity (Wildman–Crippen MR) is 142 cm³/mol. The topological polar surface area (TPSA) is 159 Å². The Hall–Kier alpha value is -4.15. The maximum Gasteiger partial charge on any atom is 0.356 e. The molecule has 1 heterocycles. The summed E-state index contributed by atoms with van der Waals surface area (Å²) in [5.74, 6) is -1.03. The molecule has 0 bridgehead atoms. The lowest BCUT2D eigenvalue weighted by Crippen LogP contribution is -2.44. The maximum absolute atomic E-state index is 13.1. The number of carbonyl (C=O) groups is 2. The van der Waals surface area contributed by atoms with Crippen LogP contribution in [0.2, 0.25) is 5.02 Å². The fourth-order valence-corrected chi connectivity index (χ4v) is 4.27. The minimum Gasteiger partial charge on any atom is -0.340 e. The van der Waals surface area contributed by atoms with Crippen LogP contribution in [0.15, 0.2) is 85.2 Å². The van der Waals surface area contributed by atoms with Gasteiger partial charge in [-0.1, -0.05) is 41.9 Å². The SMILES string of the molecule is O=C(C=Cc1cc(Cl)ccc1-n1cnnn1)NC(Cc1ccccc1)C(=O)Nc1ccc(P(=O)(O)O)cc1. The molecule has 0 saturated carbocycles. The average molecular weight is 553 g/mol. The van der Waals surface area contributed by atoms with E-state index in [1.165, 1.54) is 47.4 Å². The van der Waals surface area contributed by atoms with Gasteiger partial charge in [0.2, 0.25) is 11.8 Å². The fraction of sp³-hybridized carbons (Fsp3) is 0.0800. The quantitative estimate of drug-likeness (QED) is 0.182. The first-order valence-electron chi connectivity index (χ1n) is 11.2. The Bertz CT molecular complexity index is 1490. The van der Waals surface area contributed by atoms with E-state index in [9.17, 15) is 23.9 Å². The smallest absolute Gasteiger partial charge is 0.340 e. The summed E-state index contributed by atoms with van der Waals surface area (Å²) in [6, 6.07) is 18.5. The monoisotopic (exact) mass is 552 g/mol. The van der Waals surface area contributed by atoms with Crippen molar-refractivity contribution in [1.82, 2.24) is 25.5 Å². The second kappa shape index (κ2) is 11.9. The van der Waals surface area contributed by atoms with Crippen molar-refractivity contribution in [3.63, 3.8) is 0 Å². The highest BCUT2D eigenvalue weighted by Gasteiger charge is 2.22. The van der Waals surface area contributed by atoms with Crippen LogP contribution >= 0.6 is 19.2 Å². The van der Waals surface area contributed by atoms with Gasteiger partial charge in [0.25, 0.3) is 0 Å². The van der Waals surface area contributed by atoms with Gasteiger partial charge in [0.05, 0.1) is 11.0 Å². The summed E-state index contributed by atoms with van der Waals surface area (Å²) in [6.45, 7) is 0. The summed E-state index contributed by atoms with van der Waals surface area (Å²) >= 11 is 6.13. The van der Waals surface area contributed by atoms with Crippen molar-refractivity contribution in [2.24, 2.45) is 0 Å². The second-order valence-corrected chi connectivity index (χ2v) is 10.2. The number of hydrogen-bond donors (Lipinski definition) is 4. The molecule has 38 heavy (non-hydrogen) atoms. The van der Waals surface area contributed by atoms with Gasteiger partial charge in [-0.25, -0.2) is 0 Å². The van der Waals surface area contributed by atoms with E-state index in [1.807, 2.05) is 30.3 Å². The van der Waals surface area contributed by atoms with E-state index in [0.29, 0.717) is 22.0 Å². The third-order valence-corrected chi connectivity index (χ3v) is 6.59. The summed E-state index contributed by atoms with van der Waals surface area (Å²) in [5.41, 5.74) is 2.32. The molecular weight excluding hydrogens is 531 g/mol. The molecule has 1 atom stereocenters. The highest BCUT2D eigenvalue weighted by Crippen LogP contribution is 2.33. The molecule has 0 aliphatic heterocycles. The molecule has 1 aromatic heterocycles. The largest absolute Gasteiger partial charge is 0.356 e. The Morgan fingerprint density at radius 3 is 2.45 bits per heavy atom. The number of benzene rings is 3. The van der Waals surface area contributed by atoms with Gasteiger partial charge in [0.15, 0.2) is 0 Å². The highest BCUT2D eigenvalue weighted by molar-refractivity contribution is 7.60. The summed E-state index contributed by atoms with van der Waals surface area (Å²) in [4.78, 5) is 44.6. The summed E-state index contributed by atoms with van der Waals surface area (Å²) in [6.07, 6.45) is 4.43. The predicted octanol–water partition coefficient (Wildman–Crippen LogP) is 2.50. The molecule has 4 rings (SSSR count). The van der Waals surface area contributed by atoms with E-state index >= 15 is 0 Å².